The Bertz CT molecular complexity index is 1670. The molecular weight excluding hydrogens is 554 g/mol. The van der Waals surface area contributed by atoms with Crippen LogP contribution >= 0.6 is 0 Å². The molecule has 0 amide bonds. The maximum Gasteiger partial charge on any atom is 0.212 e. The van der Waals surface area contributed by atoms with Crippen molar-refractivity contribution < 1.29 is 9.47 Å². The van der Waals surface area contributed by atoms with Crippen molar-refractivity contribution in [3.8, 4) is 29.0 Å². The Morgan fingerprint density at radius 3 is 2.61 bits per heavy atom. The first-order valence-electron chi connectivity index (χ1n) is 15.8. The van der Waals surface area contributed by atoms with Gasteiger partial charge in [0, 0.05) is 61.6 Å². The summed E-state index contributed by atoms with van der Waals surface area (Å²) in [5, 5.41) is 18.0. The van der Waals surface area contributed by atoms with Crippen LogP contribution in [0.1, 0.15) is 49.7 Å². The lowest BCUT2D eigenvalue weighted by Crippen LogP contribution is -2.68. The van der Waals surface area contributed by atoms with Crippen LogP contribution in [0.15, 0.2) is 49.2 Å². The number of methoxy groups -OCH3 is 1. The summed E-state index contributed by atoms with van der Waals surface area (Å²) in [6.07, 6.45) is 16.4. The van der Waals surface area contributed by atoms with Crippen molar-refractivity contribution in [2.75, 3.05) is 31.7 Å². The molecule has 5 atom stereocenters. The zero-order chi connectivity index (χ0) is 29.6. The lowest BCUT2D eigenvalue weighted by Gasteiger charge is -2.56. The minimum atomic E-state index is 0.482. The third-order valence-electron chi connectivity index (χ3n) is 10.0. The molecule has 11 heteroatoms. The van der Waals surface area contributed by atoms with Crippen molar-refractivity contribution in [1.29, 1.82) is 5.26 Å². The van der Waals surface area contributed by atoms with Crippen LogP contribution in [0, 0.1) is 17.2 Å². The number of nitriles is 1. The highest BCUT2D eigenvalue weighted by Gasteiger charge is 2.44. The number of aromatic nitrogens is 5. The molecule has 9 heterocycles. The fourth-order valence-corrected chi connectivity index (χ4v) is 7.68. The van der Waals surface area contributed by atoms with Gasteiger partial charge in [-0.15, -0.1) is 0 Å². The topological polar surface area (TPSA) is 117 Å². The fourth-order valence-electron chi connectivity index (χ4n) is 7.68. The van der Waals surface area contributed by atoms with E-state index in [9.17, 15) is 5.26 Å². The predicted molar refractivity (Wildman–Crippen MR) is 164 cm³/mol. The van der Waals surface area contributed by atoms with Gasteiger partial charge in [0.2, 0.25) is 5.88 Å². The van der Waals surface area contributed by atoms with Crippen LogP contribution in [0.5, 0.6) is 11.6 Å². The van der Waals surface area contributed by atoms with Gasteiger partial charge in [0.1, 0.15) is 17.6 Å². The second-order valence-electron chi connectivity index (χ2n) is 12.8. The molecular formula is C33H37N9O2. The number of pyridine rings is 2. The van der Waals surface area contributed by atoms with Gasteiger partial charge in [-0.3, -0.25) is 9.88 Å². The number of nitrogens with one attached hydrogen (secondary N) is 1. The summed E-state index contributed by atoms with van der Waals surface area (Å²) in [4.78, 5) is 19.0. The van der Waals surface area contributed by atoms with Crippen molar-refractivity contribution >= 4 is 11.3 Å². The van der Waals surface area contributed by atoms with E-state index < -0.39 is 0 Å². The first-order valence-corrected chi connectivity index (χ1v) is 15.8. The van der Waals surface area contributed by atoms with E-state index in [4.69, 9.17) is 19.4 Å². The van der Waals surface area contributed by atoms with Crippen molar-refractivity contribution in [3.63, 3.8) is 0 Å². The van der Waals surface area contributed by atoms with Crippen molar-refractivity contribution in [3.05, 3.63) is 60.3 Å². The fraction of sp³-hybridized carbons (Fsp3) is 0.485. The van der Waals surface area contributed by atoms with Crippen molar-refractivity contribution in [2.24, 2.45) is 5.92 Å². The van der Waals surface area contributed by atoms with Gasteiger partial charge >= 0.3 is 0 Å². The SMILES string of the molecule is COc1ccc(CN2C3CC2CN(c2cnc(-c4cc(OCC5CC[C@@H]6CC[C@H](C5)N6)cn5ncc(C#N)c45)cn2)C3)cn1. The van der Waals surface area contributed by atoms with Crippen LogP contribution < -0.4 is 19.7 Å². The van der Waals surface area contributed by atoms with Gasteiger partial charge in [0.15, 0.2) is 0 Å². The van der Waals surface area contributed by atoms with E-state index >= 15 is 0 Å². The van der Waals surface area contributed by atoms with E-state index in [2.05, 4.69) is 37.3 Å². The van der Waals surface area contributed by atoms with Crippen LogP contribution in [-0.2, 0) is 6.54 Å². The van der Waals surface area contributed by atoms with E-state index in [1.165, 1.54) is 37.7 Å². The summed E-state index contributed by atoms with van der Waals surface area (Å²) in [5.74, 6) is 2.78. The number of ether oxygens (including phenoxy) is 2. The Morgan fingerprint density at radius 1 is 0.977 bits per heavy atom. The average Bonchev–Trinajstić information content (AvgIpc) is 3.65. The first-order chi connectivity index (χ1) is 21.6. The van der Waals surface area contributed by atoms with Gasteiger partial charge in [-0.25, -0.2) is 14.5 Å². The largest absolute Gasteiger partial charge is 0.492 e. The highest BCUT2D eigenvalue weighted by molar-refractivity contribution is 5.83. The molecule has 5 fully saturated rings. The zero-order valence-corrected chi connectivity index (χ0v) is 25.0. The number of hydrogen-bond donors (Lipinski definition) is 1. The number of piperazine rings is 1. The molecule has 5 saturated heterocycles. The molecule has 0 spiro atoms. The van der Waals surface area contributed by atoms with Gasteiger partial charge in [0.25, 0.3) is 0 Å². The minimum absolute atomic E-state index is 0.482. The van der Waals surface area contributed by atoms with Crippen LogP contribution in [-0.4, -0.2) is 80.4 Å². The van der Waals surface area contributed by atoms with E-state index in [-0.39, 0.29) is 0 Å². The molecule has 4 bridgehead atoms. The number of hydrogen-bond acceptors (Lipinski definition) is 10. The van der Waals surface area contributed by atoms with Gasteiger partial charge in [-0.05, 0) is 56.1 Å². The van der Waals surface area contributed by atoms with Gasteiger partial charge in [0.05, 0.1) is 55.3 Å². The van der Waals surface area contributed by atoms with E-state index in [1.807, 2.05) is 36.9 Å². The van der Waals surface area contributed by atoms with Crippen molar-refractivity contribution in [1.82, 2.24) is 34.8 Å². The van der Waals surface area contributed by atoms with Gasteiger partial charge in [-0.1, -0.05) is 6.07 Å². The molecule has 44 heavy (non-hydrogen) atoms. The number of rotatable bonds is 8. The van der Waals surface area contributed by atoms with E-state index in [0.717, 1.165) is 48.7 Å². The lowest BCUT2D eigenvalue weighted by molar-refractivity contribution is -0.00879. The van der Waals surface area contributed by atoms with E-state index in [1.54, 1.807) is 17.8 Å². The average molecular weight is 592 g/mol. The van der Waals surface area contributed by atoms with Gasteiger partial charge in [-0.2, -0.15) is 10.4 Å². The zero-order valence-electron chi connectivity index (χ0n) is 25.0. The molecule has 1 N–H and O–H groups in total. The lowest BCUT2D eigenvalue weighted by atomic mass is 9.87. The molecule has 4 aromatic heterocycles. The maximum atomic E-state index is 9.80. The van der Waals surface area contributed by atoms with E-state index in [0.29, 0.717) is 53.8 Å². The Balaban J connectivity index is 0.972. The monoisotopic (exact) mass is 591 g/mol. The summed E-state index contributed by atoms with van der Waals surface area (Å²) in [6, 6.07) is 10.5. The molecule has 0 saturated carbocycles. The smallest absolute Gasteiger partial charge is 0.212 e. The quantitative estimate of drug-likeness (QED) is 0.324. The summed E-state index contributed by atoms with van der Waals surface area (Å²) in [7, 11) is 1.64. The Morgan fingerprint density at radius 2 is 1.84 bits per heavy atom. The summed E-state index contributed by atoms with van der Waals surface area (Å²) in [6.45, 7) is 3.41. The normalized spacial score (nSPS) is 26.2. The van der Waals surface area contributed by atoms with Crippen LogP contribution in [0.2, 0.25) is 0 Å². The molecule has 4 aromatic rings. The minimum Gasteiger partial charge on any atom is -0.492 e. The highest BCUT2D eigenvalue weighted by Crippen LogP contribution is 2.36. The number of anilines is 1. The second kappa shape index (κ2) is 11.3. The Hall–Kier alpha value is -4.27. The highest BCUT2D eigenvalue weighted by atomic mass is 16.5. The molecule has 0 aromatic carbocycles. The van der Waals surface area contributed by atoms with Crippen LogP contribution in [0.3, 0.4) is 0 Å². The molecule has 5 aliphatic rings. The number of nitrogens with zero attached hydrogens (tertiary/aromatic N) is 8. The van der Waals surface area contributed by atoms with Crippen molar-refractivity contribution in [2.45, 2.75) is 69.2 Å². The Kier molecular flexibility index (Phi) is 7.03. The molecule has 11 nitrogen and oxygen atoms in total. The maximum absolute atomic E-state index is 9.80. The first kappa shape index (κ1) is 27.3. The molecule has 0 aliphatic carbocycles. The number of fused-ring (bicyclic) bond motifs is 5. The molecule has 226 valence electrons. The third-order valence-corrected chi connectivity index (χ3v) is 10.0. The van der Waals surface area contributed by atoms with Gasteiger partial charge < -0.3 is 19.7 Å². The standard InChI is InChI=1S/C33H37N9O2/c1-43-32-7-3-22(12-37-32)16-41-26-9-27(41)18-40(17-26)31-15-35-30(14-36-31)29-10-28(19-42-33(29)23(11-34)13-38-42)44-20-21-2-4-24-5-6-25(8-21)39-24/h3,7,10,12-15,19,21,24-27,39H,2,4-6,8-9,16-18,20H2,1H3/t21?,24-,25-,26?,27?/m1/s1. The molecule has 3 unspecified atom stereocenters. The predicted octanol–water partition coefficient (Wildman–Crippen LogP) is 3.83. The molecule has 5 aliphatic heterocycles. The number of piperidine rings is 1. The second-order valence-corrected chi connectivity index (χ2v) is 12.8. The van der Waals surface area contributed by atoms with Crippen LogP contribution in [0.4, 0.5) is 5.82 Å². The summed E-state index contributed by atoms with van der Waals surface area (Å²) < 4.78 is 13.3. The van der Waals surface area contributed by atoms with Crippen LogP contribution in [0.25, 0.3) is 16.8 Å². The Labute approximate surface area is 256 Å². The summed E-state index contributed by atoms with van der Waals surface area (Å²) >= 11 is 0. The third kappa shape index (κ3) is 5.12. The molecule has 9 rings (SSSR count). The summed E-state index contributed by atoms with van der Waals surface area (Å²) in [5.41, 5.74) is 3.93. The molecule has 0 radical (unpaired) electrons.